The summed E-state index contributed by atoms with van der Waals surface area (Å²) in [5.74, 6) is 6.43. The third kappa shape index (κ3) is 1.40. The molecule has 0 saturated carbocycles. The molecule has 1 unspecified atom stereocenters. The molecule has 66 valence electrons. The van der Waals surface area contributed by atoms with Crippen LogP contribution < -0.4 is 0 Å². The third-order valence-electron chi connectivity index (χ3n) is 2.52. The second-order valence-electron chi connectivity index (χ2n) is 3.42. The first-order chi connectivity index (χ1) is 6.29. The molecule has 0 aromatic carbocycles. The zero-order valence-corrected chi connectivity index (χ0v) is 8.04. The lowest BCUT2D eigenvalue weighted by atomic mass is 10.1. The SMILES string of the molecule is CC1=C/C2=C/C=C\CC#CC2N1C. The maximum absolute atomic E-state index is 3.27. The van der Waals surface area contributed by atoms with Crippen molar-refractivity contribution in [2.24, 2.45) is 0 Å². The van der Waals surface area contributed by atoms with Crippen LogP contribution in [-0.2, 0) is 0 Å². The topological polar surface area (TPSA) is 3.24 Å². The molecule has 2 aliphatic rings. The van der Waals surface area contributed by atoms with Crippen LogP contribution in [0.25, 0.3) is 0 Å². The predicted molar refractivity (Wildman–Crippen MR) is 54.9 cm³/mol. The summed E-state index contributed by atoms with van der Waals surface area (Å²) in [6, 6.07) is 0.282. The molecule has 2 rings (SSSR count). The van der Waals surface area contributed by atoms with E-state index in [0.29, 0.717) is 0 Å². The molecule has 0 aromatic rings. The Hall–Kier alpha value is -1.42. The van der Waals surface area contributed by atoms with Crippen molar-refractivity contribution in [1.82, 2.24) is 4.90 Å². The van der Waals surface area contributed by atoms with Gasteiger partial charge in [-0.25, -0.2) is 0 Å². The van der Waals surface area contributed by atoms with E-state index in [2.05, 4.69) is 55.0 Å². The molecule has 0 radical (unpaired) electrons. The number of hydrogen-bond acceptors (Lipinski definition) is 1. The first-order valence-corrected chi connectivity index (χ1v) is 4.55. The highest BCUT2D eigenvalue weighted by Crippen LogP contribution is 2.24. The fraction of sp³-hybridized carbons (Fsp3) is 0.333. The van der Waals surface area contributed by atoms with Crippen LogP contribution >= 0.6 is 0 Å². The smallest absolute Gasteiger partial charge is 0.115 e. The van der Waals surface area contributed by atoms with Gasteiger partial charge in [-0.3, -0.25) is 0 Å². The highest BCUT2D eigenvalue weighted by Gasteiger charge is 2.22. The zero-order chi connectivity index (χ0) is 9.26. The molecule has 1 aliphatic heterocycles. The maximum Gasteiger partial charge on any atom is 0.115 e. The van der Waals surface area contributed by atoms with E-state index in [-0.39, 0.29) is 6.04 Å². The van der Waals surface area contributed by atoms with Gasteiger partial charge in [-0.2, -0.15) is 0 Å². The minimum absolute atomic E-state index is 0.282. The van der Waals surface area contributed by atoms with Gasteiger partial charge in [-0.1, -0.05) is 30.1 Å². The lowest BCUT2D eigenvalue weighted by Gasteiger charge is -2.19. The molecule has 0 fully saturated rings. The lowest BCUT2D eigenvalue weighted by Crippen LogP contribution is -2.24. The zero-order valence-electron chi connectivity index (χ0n) is 8.04. The van der Waals surface area contributed by atoms with Gasteiger partial charge in [0.1, 0.15) is 6.04 Å². The van der Waals surface area contributed by atoms with Crippen molar-refractivity contribution in [3.8, 4) is 11.8 Å². The lowest BCUT2D eigenvalue weighted by molar-refractivity contribution is 0.425. The average molecular weight is 171 g/mol. The number of likely N-dealkylation sites (N-methyl/N-ethyl adjacent to an activating group) is 1. The van der Waals surface area contributed by atoms with Crippen LogP contribution in [0.3, 0.4) is 0 Å². The molecule has 1 heteroatoms. The molecule has 0 amide bonds. The summed E-state index contributed by atoms with van der Waals surface area (Å²) < 4.78 is 0. The Labute approximate surface area is 79.4 Å². The Morgan fingerprint density at radius 1 is 1.54 bits per heavy atom. The fourth-order valence-corrected chi connectivity index (χ4v) is 1.63. The summed E-state index contributed by atoms with van der Waals surface area (Å²) in [4.78, 5) is 2.22. The summed E-state index contributed by atoms with van der Waals surface area (Å²) in [5.41, 5.74) is 2.60. The number of fused-ring (bicyclic) bond motifs is 1. The summed E-state index contributed by atoms with van der Waals surface area (Å²) in [6.07, 6.45) is 9.42. The molecular formula is C12H13N. The second-order valence-corrected chi connectivity index (χ2v) is 3.42. The van der Waals surface area contributed by atoms with E-state index in [4.69, 9.17) is 0 Å². The van der Waals surface area contributed by atoms with E-state index in [1.54, 1.807) is 0 Å². The number of hydrogen-bond donors (Lipinski definition) is 0. The molecule has 1 nitrogen and oxygen atoms in total. The molecule has 0 saturated heterocycles. The van der Waals surface area contributed by atoms with Gasteiger partial charge in [0.25, 0.3) is 0 Å². The minimum atomic E-state index is 0.282. The highest BCUT2D eigenvalue weighted by molar-refractivity contribution is 5.44. The molecule has 1 aliphatic carbocycles. The number of rotatable bonds is 0. The predicted octanol–water partition coefficient (Wildman–Crippen LogP) is 2.09. The van der Waals surface area contributed by atoms with Crippen LogP contribution in [0.15, 0.2) is 35.6 Å². The van der Waals surface area contributed by atoms with Crippen LogP contribution in [-0.4, -0.2) is 18.0 Å². The summed E-state index contributed by atoms with van der Waals surface area (Å²) >= 11 is 0. The van der Waals surface area contributed by atoms with Crippen LogP contribution in [0.5, 0.6) is 0 Å². The fourth-order valence-electron chi connectivity index (χ4n) is 1.63. The van der Waals surface area contributed by atoms with Crippen molar-refractivity contribution < 1.29 is 0 Å². The molecule has 0 spiro atoms. The first kappa shape index (κ1) is 8.19. The van der Waals surface area contributed by atoms with Crippen LogP contribution in [0, 0.1) is 11.8 Å². The molecular weight excluding hydrogens is 158 g/mol. The highest BCUT2D eigenvalue weighted by atomic mass is 15.1. The van der Waals surface area contributed by atoms with Crippen molar-refractivity contribution in [2.45, 2.75) is 19.4 Å². The molecule has 13 heavy (non-hydrogen) atoms. The monoisotopic (exact) mass is 171 g/mol. The minimum Gasteiger partial charge on any atom is -0.361 e. The first-order valence-electron chi connectivity index (χ1n) is 4.55. The number of allylic oxidation sites excluding steroid dienone is 4. The van der Waals surface area contributed by atoms with Gasteiger partial charge in [0.05, 0.1) is 0 Å². The van der Waals surface area contributed by atoms with Gasteiger partial charge in [0, 0.05) is 19.2 Å². The van der Waals surface area contributed by atoms with Crippen molar-refractivity contribution in [3.05, 3.63) is 35.6 Å². The Kier molecular flexibility index (Phi) is 1.98. The molecule has 0 aromatic heterocycles. The third-order valence-corrected chi connectivity index (χ3v) is 2.52. The van der Waals surface area contributed by atoms with Crippen LogP contribution in [0.1, 0.15) is 13.3 Å². The normalized spacial score (nSPS) is 31.5. The molecule has 1 heterocycles. The van der Waals surface area contributed by atoms with Gasteiger partial charge < -0.3 is 4.90 Å². The summed E-state index contributed by atoms with van der Waals surface area (Å²) in [5, 5.41) is 0. The standard InChI is InChI=1S/C12H13N/c1-10-9-11-7-5-3-4-6-8-12(11)13(10)2/h3,5,7,9,12H,4H2,1-2H3/b5-3-,11-7-. The van der Waals surface area contributed by atoms with Crippen LogP contribution in [0.2, 0.25) is 0 Å². The Balaban J connectivity index is 2.40. The number of nitrogens with zero attached hydrogens (tertiary/aromatic N) is 1. The van der Waals surface area contributed by atoms with Crippen molar-refractivity contribution in [3.63, 3.8) is 0 Å². The van der Waals surface area contributed by atoms with Gasteiger partial charge in [0.2, 0.25) is 0 Å². The quantitative estimate of drug-likeness (QED) is 0.504. The van der Waals surface area contributed by atoms with E-state index in [9.17, 15) is 0 Å². The van der Waals surface area contributed by atoms with E-state index in [1.807, 2.05) is 0 Å². The van der Waals surface area contributed by atoms with E-state index in [0.717, 1.165) is 6.42 Å². The largest absolute Gasteiger partial charge is 0.361 e. The Bertz CT molecular complexity index is 360. The average Bonchev–Trinajstić information content (AvgIpc) is 2.31. The van der Waals surface area contributed by atoms with Crippen molar-refractivity contribution >= 4 is 0 Å². The van der Waals surface area contributed by atoms with Gasteiger partial charge >= 0.3 is 0 Å². The molecule has 0 N–H and O–H groups in total. The van der Waals surface area contributed by atoms with E-state index in [1.165, 1.54) is 11.3 Å². The maximum atomic E-state index is 3.27. The van der Waals surface area contributed by atoms with Crippen LogP contribution in [0.4, 0.5) is 0 Å². The van der Waals surface area contributed by atoms with Crippen molar-refractivity contribution in [2.75, 3.05) is 7.05 Å². The molecule has 1 atom stereocenters. The van der Waals surface area contributed by atoms with Gasteiger partial charge in [-0.05, 0) is 18.6 Å². The Morgan fingerprint density at radius 3 is 3.23 bits per heavy atom. The molecule has 0 bridgehead atoms. The van der Waals surface area contributed by atoms with Gasteiger partial charge in [0.15, 0.2) is 0 Å². The van der Waals surface area contributed by atoms with E-state index < -0.39 is 0 Å². The second kappa shape index (κ2) is 3.14. The van der Waals surface area contributed by atoms with Crippen molar-refractivity contribution in [1.29, 1.82) is 0 Å². The van der Waals surface area contributed by atoms with Gasteiger partial charge in [-0.15, -0.1) is 0 Å². The van der Waals surface area contributed by atoms with E-state index >= 15 is 0 Å². The summed E-state index contributed by atoms with van der Waals surface area (Å²) in [7, 11) is 2.09. The Morgan fingerprint density at radius 2 is 2.38 bits per heavy atom. The summed E-state index contributed by atoms with van der Waals surface area (Å²) in [6.45, 7) is 2.12.